The summed E-state index contributed by atoms with van der Waals surface area (Å²) in [4.78, 5) is 13.9. The van der Waals surface area contributed by atoms with E-state index in [1.165, 1.54) is 11.1 Å². The number of carbonyl (C=O) groups is 1. The number of amides is 1. The van der Waals surface area contributed by atoms with Crippen LogP contribution < -0.4 is 15.0 Å². The molecule has 0 bridgehead atoms. The zero-order valence-corrected chi connectivity index (χ0v) is 14.3. The molecular formula is C20H24N2O2. The van der Waals surface area contributed by atoms with Crippen LogP contribution in [0.3, 0.4) is 0 Å². The van der Waals surface area contributed by atoms with E-state index in [-0.39, 0.29) is 12.5 Å². The lowest BCUT2D eigenvalue weighted by atomic mass is 10.1. The zero-order chi connectivity index (χ0) is 16.9. The number of ether oxygens (including phenoxy) is 1. The number of hydrogen-bond acceptors (Lipinski definition) is 3. The molecule has 0 unspecified atom stereocenters. The molecule has 2 aromatic rings. The van der Waals surface area contributed by atoms with Crippen molar-refractivity contribution in [3.63, 3.8) is 0 Å². The molecule has 126 valence electrons. The van der Waals surface area contributed by atoms with Crippen LogP contribution in [0, 0.1) is 6.92 Å². The van der Waals surface area contributed by atoms with Gasteiger partial charge in [-0.25, -0.2) is 0 Å². The zero-order valence-electron chi connectivity index (χ0n) is 14.3. The average Bonchev–Trinajstić information content (AvgIpc) is 2.60. The van der Waals surface area contributed by atoms with Crippen LogP contribution in [0.2, 0.25) is 0 Å². The van der Waals surface area contributed by atoms with Gasteiger partial charge in [-0.3, -0.25) is 4.79 Å². The normalized spacial score (nSPS) is 13.4. The summed E-state index contributed by atoms with van der Waals surface area (Å²) in [7, 11) is 0. The van der Waals surface area contributed by atoms with E-state index in [9.17, 15) is 4.79 Å². The van der Waals surface area contributed by atoms with E-state index in [4.69, 9.17) is 4.74 Å². The van der Waals surface area contributed by atoms with E-state index in [1.807, 2.05) is 23.1 Å². The van der Waals surface area contributed by atoms with Crippen molar-refractivity contribution in [2.75, 3.05) is 23.4 Å². The van der Waals surface area contributed by atoms with E-state index in [2.05, 4.69) is 43.4 Å². The van der Waals surface area contributed by atoms with Gasteiger partial charge in [-0.05, 0) is 31.0 Å². The van der Waals surface area contributed by atoms with E-state index in [1.54, 1.807) is 0 Å². The van der Waals surface area contributed by atoms with Gasteiger partial charge in [-0.15, -0.1) is 0 Å². The maximum Gasteiger partial charge on any atom is 0.265 e. The van der Waals surface area contributed by atoms with E-state index >= 15 is 0 Å². The second kappa shape index (κ2) is 7.39. The van der Waals surface area contributed by atoms with E-state index in [0.29, 0.717) is 0 Å². The predicted molar refractivity (Wildman–Crippen MR) is 97.7 cm³/mol. The SMILES string of the molecule is CCCCN1C(=O)COc2cc(NCc3ccc(C)cc3)ccc21. The Morgan fingerprint density at radius 2 is 1.96 bits per heavy atom. The fourth-order valence-corrected chi connectivity index (χ4v) is 2.79. The molecule has 1 N–H and O–H groups in total. The summed E-state index contributed by atoms with van der Waals surface area (Å²) in [6.07, 6.45) is 2.06. The summed E-state index contributed by atoms with van der Waals surface area (Å²) < 4.78 is 5.62. The molecule has 0 aliphatic carbocycles. The molecule has 0 saturated heterocycles. The number of nitrogens with zero attached hydrogens (tertiary/aromatic N) is 1. The van der Waals surface area contributed by atoms with Crippen LogP contribution >= 0.6 is 0 Å². The molecule has 4 heteroatoms. The monoisotopic (exact) mass is 324 g/mol. The quantitative estimate of drug-likeness (QED) is 0.868. The van der Waals surface area contributed by atoms with Gasteiger partial charge in [-0.1, -0.05) is 43.2 Å². The predicted octanol–water partition coefficient (Wildman–Crippen LogP) is 4.13. The number of carbonyl (C=O) groups excluding carboxylic acids is 1. The maximum absolute atomic E-state index is 12.1. The molecule has 4 nitrogen and oxygen atoms in total. The fraction of sp³-hybridized carbons (Fsp3) is 0.350. The second-order valence-corrected chi connectivity index (χ2v) is 6.21. The molecule has 0 spiro atoms. The lowest BCUT2D eigenvalue weighted by molar-refractivity contribution is -0.121. The Balaban J connectivity index is 1.71. The topological polar surface area (TPSA) is 41.6 Å². The van der Waals surface area contributed by atoms with Gasteiger partial charge in [0.1, 0.15) is 5.75 Å². The molecule has 1 aliphatic rings. The van der Waals surface area contributed by atoms with Crippen LogP contribution in [-0.2, 0) is 11.3 Å². The first-order valence-corrected chi connectivity index (χ1v) is 8.54. The number of anilines is 2. The van der Waals surface area contributed by atoms with Crippen LogP contribution in [0.4, 0.5) is 11.4 Å². The highest BCUT2D eigenvalue weighted by molar-refractivity contribution is 5.98. The number of benzene rings is 2. The van der Waals surface area contributed by atoms with Crippen molar-refractivity contribution >= 4 is 17.3 Å². The van der Waals surface area contributed by atoms with Crippen molar-refractivity contribution in [1.29, 1.82) is 0 Å². The van der Waals surface area contributed by atoms with Crippen molar-refractivity contribution in [3.05, 3.63) is 53.6 Å². The van der Waals surface area contributed by atoms with Crippen molar-refractivity contribution in [3.8, 4) is 5.75 Å². The van der Waals surface area contributed by atoms with E-state index in [0.717, 1.165) is 43.1 Å². The molecule has 0 fully saturated rings. The van der Waals surface area contributed by atoms with Crippen LogP contribution in [0.15, 0.2) is 42.5 Å². The Labute approximate surface area is 143 Å². The third-order valence-electron chi connectivity index (χ3n) is 4.26. The molecule has 0 radical (unpaired) electrons. The number of hydrogen-bond donors (Lipinski definition) is 1. The standard InChI is InChI=1S/C20H24N2O2/c1-3-4-11-22-18-10-9-17(12-19(18)24-14-20(22)23)21-13-16-7-5-15(2)6-8-16/h5-10,12,21H,3-4,11,13-14H2,1-2H3. The first kappa shape index (κ1) is 16.4. The second-order valence-electron chi connectivity index (χ2n) is 6.21. The van der Waals surface area contributed by atoms with Crippen molar-refractivity contribution in [1.82, 2.24) is 0 Å². The molecule has 2 aromatic carbocycles. The summed E-state index contributed by atoms with van der Waals surface area (Å²) in [5.41, 5.74) is 4.37. The van der Waals surface area contributed by atoms with Gasteiger partial charge in [0.05, 0.1) is 5.69 Å². The van der Waals surface area contributed by atoms with Crippen molar-refractivity contribution in [2.45, 2.75) is 33.2 Å². The van der Waals surface area contributed by atoms with Crippen molar-refractivity contribution < 1.29 is 9.53 Å². The highest BCUT2D eigenvalue weighted by atomic mass is 16.5. The number of fused-ring (bicyclic) bond motifs is 1. The molecule has 1 aliphatic heterocycles. The average molecular weight is 324 g/mol. The molecule has 0 aromatic heterocycles. The number of aryl methyl sites for hydroxylation is 1. The largest absolute Gasteiger partial charge is 0.481 e. The first-order valence-electron chi connectivity index (χ1n) is 8.54. The van der Waals surface area contributed by atoms with Crippen LogP contribution in [0.25, 0.3) is 0 Å². The summed E-state index contributed by atoms with van der Waals surface area (Å²) in [5.74, 6) is 0.816. The smallest absolute Gasteiger partial charge is 0.265 e. The first-order chi connectivity index (χ1) is 11.7. The summed E-state index contributed by atoms with van der Waals surface area (Å²) in [6, 6.07) is 14.4. The summed E-state index contributed by atoms with van der Waals surface area (Å²) in [6.45, 7) is 5.85. The molecular weight excluding hydrogens is 300 g/mol. The molecule has 0 saturated carbocycles. The highest BCUT2D eigenvalue weighted by Gasteiger charge is 2.25. The Hall–Kier alpha value is -2.49. The minimum absolute atomic E-state index is 0.0383. The lowest BCUT2D eigenvalue weighted by Crippen LogP contribution is -2.39. The minimum Gasteiger partial charge on any atom is -0.481 e. The molecule has 24 heavy (non-hydrogen) atoms. The molecule has 1 heterocycles. The molecule has 3 rings (SSSR count). The van der Waals surface area contributed by atoms with E-state index < -0.39 is 0 Å². The number of unbranched alkanes of at least 4 members (excludes halogenated alkanes) is 1. The number of rotatable bonds is 6. The fourth-order valence-electron chi connectivity index (χ4n) is 2.79. The van der Waals surface area contributed by atoms with Gasteiger partial charge in [0, 0.05) is 24.8 Å². The van der Waals surface area contributed by atoms with Gasteiger partial charge >= 0.3 is 0 Å². The molecule has 1 amide bonds. The van der Waals surface area contributed by atoms with Gasteiger partial charge in [-0.2, -0.15) is 0 Å². The van der Waals surface area contributed by atoms with Gasteiger partial charge in [0.25, 0.3) is 5.91 Å². The third-order valence-corrected chi connectivity index (χ3v) is 4.26. The van der Waals surface area contributed by atoms with Crippen molar-refractivity contribution in [2.24, 2.45) is 0 Å². The van der Waals surface area contributed by atoms with Gasteiger partial charge in [0.15, 0.2) is 6.61 Å². The Bertz CT molecular complexity index is 710. The summed E-state index contributed by atoms with van der Waals surface area (Å²) in [5, 5.41) is 3.42. The maximum atomic E-state index is 12.1. The highest BCUT2D eigenvalue weighted by Crippen LogP contribution is 2.34. The summed E-state index contributed by atoms with van der Waals surface area (Å²) >= 11 is 0. The van der Waals surface area contributed by atoms with Crippen LogP contribution in [-0.4, -0.2) is 19.1 Å². The lowest BCUT2D eigenvalue weighted by Gasteiger charge is -2.29. The minimum atomic E-state index is 0.0383. The third kappa shape index (κ3) is 3.70. The van der Waals surface area contributed by atoms with Crippen LogP contribution in [0.1, 0.15) is 30.9 Å². The van der Waals surface area contributed by atoms with Gasteiger partial charge < -0.3 is 15.0 Å². The Morgan fingerprint density at radius 3 is 2.71 bits per heavy atom. The van der Waals surface area contributed by atoms with Gasteiger partial charge in [0.2, 0.25) is 0 Å². The Kier molecular flexibility index (Phi) is 5.04. The van der Waals surface area contributed by atoms with Crippen LogP contribution in [0.5, 0.6) is 5.75 Å². The Morgan fingerprint density at radius 1 is 1.17 bits per heavy atom. The number of nitrogens with one attached hydrogen (secondary N) is 1. The molecule has 0 atom stereocenters.